The topological polar surface area (TPSA) is 49.8 Å². The van der Waals surface area contributed by atoms with Gasteiger partial charge < -0.3 is 0 Å². The van der Waals surface area contributed by atoms with E-state index < -0.39 is 17.3 Å². The summed E-state index contributed by atoms with van der Waals surface area (Å²) in [4.78, 5) is 14.7. The molecule has 0 saturated heterocycles. The molecule has 0 aliphatic heterocycles. The van der Waals surface area contributed by atoms with Crippen LogP contribution in [0.25, 0.3) is 0 Å². The minimum atomic E-state index is -4.67. The zero-order valence-corrected chi connectivity index (χ0v) is 8.15. The highest BCUT2D eigenvalue weighted by Gasteiger charge is 2.34. The lowest BCUT2D eigenvalue weighted by atomic mass is 10.1. The first-order valence-corrected chi connectivity index (χ1v) is 4.09. The fraction of sp³-hybridized carbons (Fsp3) is 0.222. The molecule has 0 aliphatic carbocycles. The van der Waals surface area contributed by atoms with Gasteiger partial charge in [0.1, 0.15) is 0 Å². The van der Waals surface area contributed by atoms with Crippen molar-refractivity contribution in [2.75, 3.05) is 12.3 Å². The third-order valence-electron chi connectivity index (χ3n) is 1.86. The molecule has 0 unspecified atom stereocenters. The molecular formula is C9H8F3NO3. The number of carbonyl (C=O) groups excluding carboxylic acids is 1. The Morgan fingerprint density at radius 2 is 2.06 bits per heavy atom. The summed E-state index contributed by atoms with van der Waals surface area (Å²) in [5.74, 6) is 0. The van der Waals surface area contributed by atoms with Crippen LogP contribution in [0.1, 0.15) is 15.9 Å². The van der Waals surface area contributed by atoms with Crippen LogP contribution in [0, 0.1) is 0 Å². The van der Waals surface area contributed by atoms with Crippen LogP contribution < -0.4 is 5.23 Å². The second-order valence-corrected chi connectivity index (χ2v) is 2.84. The lowest BCUT2D eigenvalue weighted by molar-refractivity contribution is -0.137. The van der Waals surface area contributed by atoms with Gasteiger partial charge in [0.2, 0.25) is 0 Å². The lowest BCUT2D eigenvalue weighted by Crippen LogP contribution is -2.17. The van der Waals surface area contributed by atoms with E-state index in [1.807, 2.05) is 0 Å². The summed E-state index contributed by atoms with van der Waals surface area (Å²) < 4.78 is 37.4. The number of hydrogen-bond donors (Lipinski definition) is 1. The van der Waals surface area contributed by atoms with Crippen LogP contribution >= 0.6 is 0 Å². The summed E-state index contributed by atoms with van der Waals surface area (Å²) in [7, 11) is 1.08. The molecule has 0 atom stereocenters. The van der Waals surface area contributed by atoms with Gasteiger partial charge in [-0.15, -0.1) is 5.23 Å². The molecular weight excluding hydrogens is 227 g/mol. The van der Waals surface area contributed by atoms with Crippen LogP contribution in [0.5, 0.6) is 0 Å². The largest absolute Gasteiger partial charge is 0.417 e. The Bertz CT molecular complexity index is 392. The molecule has 0 amide bonds. The number of carbonyl (C=O) groups is 1. The average Bonchev–Trinajstić information content (AvgIpc) is 2.26. The van der Waals surface area contributed by atoms with E-state index in [1.165, 1.54) is 0 Å². The first kappa shape index (κ1) is 12.5. The summed E-state index contributed by atoms with van der Waals surface area (Å²) in [6, 6.07) is 2.70. The number of hydrogen-bond acceptors (Lipinski definition) is 4. The highest BCUT2D eigenvalue weighted by Crippen LogP contribution is 2.33. The predicted molar refractivity (Wildman–Crippen MR) is 48.1 cm³/mol. The Morgan fingerprint density at radius 1 is 1.44 bits per heavy atom. The van der Waals surface area contributed by atoms with Gasteiger partial charge in [-0.3, -0.25) is 14.8 Å². The molecule has 1 aromatic rings. The zero-order chi connectivity index (χ0) is 12.3. The maximum absolute atomic E-state index is 12.5. The molecule has 0 radical (unpaired) electrons. The SMILES string of the molecule is CON(O)c1ccc(C=O)c(C(F)(F)F)c1. The molecule has 0 saturated carbocycles. The van der Waals surface area contributed by atoms with Crippen molar-refractivity contribution in [2.45, 2.75) is 6.18 Å². The number of anilines is 1. The van der Waals surface area contributed by atoms with Crippen molar-refractivity contribution in [3.8, 4) is 0 Å². The molecule has 0 bridgehead atoms. The molecule has 0 aromatic heterocycles. The van der Waals surface area contributed by atoms with Crippen molar-refractivity contribution in [1.82, 2.24) is 0 Å². The van der Waals surface area contributed by atoms with Crippen molar-refractivity contribution in [1.29, 1.82) is 0 Å². The molecule has 1 N–H and O–H groups in total. The highest BCUT2D eigenvalue weighted by molar-refractivity contribution is 5.78. The van der Waals surface area contributed by atoms with Crippen molar-refractivity contribution in [3.63, 3.8) is 0 Å². The van der Waals surface area contributed by atoms with Crippen molar-refractivity contribution >= 4 is 12.0 Å². The molecule has 1 aromatic carbocycles. The summed E-state index contributed by atoms with van der Waals surface area (Å²) in [5.41, 5.74) is -1.85. The minimum absolute atomic E-state index is 0.0983. The minimum Gasteiger partial charge on any atom is -0.298 e. The van der Waals surface area contributed by atoms with Gasteiger partial charge in [-0.25, -0.2) is 0 Å². The maximum Gasteiger partial charge on any atom is 0.417 e. The van der Waals surface area contributed by atoms with E-state index in [-0.39, 0.29) is 17.2 Å². The van der Waals surface area contributed by atoms with Gasteiger partial charge in [0.15, 0.2) is 6.29 Å². The maximum atomic E-state index is 12.5. The van der Waals surface area contributed by atoms with Gasteiger partial charge >= 0.3 is 6.18 Å². The summed E-state index contributed by atoms with van der Waals surface area (Å²) in [5, 5.41) is 9.21. The quantitative estimate of drug-likeness (QED) is 0.645. The van der Waals surface area contributed by atoms with E-state index in [0.29, 0.717) is 6.07 Å². The van der Waals surface area contributed by atoms with Gasteiger partial charge in [0.25, 0.3) is 0 Å². The number of benzene rings is 1. The number of aldehydes is 1. The van der Waals surface area contributed by atoms with E-state index in [0.717, 1.165) is 19.2 Å². The average molecular weight is 235 g/mol. The third kappa shape index (κ3) is 2.50. The molecule has 88 valence electrons. The first-order valence-electron chi connectivity index (χ1n) is 4.09. The molecule has 7 heteroatoms. The fourth-order valence-electron chi connectivity index (χ4n) is 1.12. The van der Waals surface area contributed by atoms with Gasteiger partial charge in [0.05, 0.1) is 18.4 Å². The zero-order valence-electron chi connectivity index (χ0n) is 8.15. The standard InChI is InChI=1S/C9H8F3NO3/c1-16-13(15)7-3-2-6(5-14)8(4-7)9(10,11)12/h2-5,15H,1H3. The monoisotopic (exact) mass is 235 g/mol. The molecule has 0 spiro atoms. The van der Waals surface area contributed by atoms with Crippen molar-refractivity contribution in [3.05, 3.63) is 29.3 Å². The Hall–Kier alpha value is -1.60. The van der Waals surface area contributed by atoms with Crippen LogP contribution in [0.3, 0.4) is 0 Å². The third-order valence-corrected chi connectivity index (χ3v) is 1.86. The van der Waals surface area contributed by atoms with Gasteiger partial charge in [-0.2, -0.15) is 13.2 Å². The Morgan fingerprint density at radius 3 is 2.50 bits per heavy atom. The number of alkyl halides is 3. The van der Waals surface area contributed by atoms with Crippen LogP contribution in [-0.2, 0) is 11.0 Å². The van der Waals surface area contributed by atoms with Gasteiger partial charge in [-0.05, 0) is 18.2 Å². The predicted octanol–water partition coefficient (Wildman–Crippen LogP) is 2.27. The Labute approximate surface area is 88.8 Å². The second-order valence-electron chi connectivity index (χ2n) is 2.84. The second kappa shape index (κ2) is 4.50. The van der Waals surface area contributed by atoms with E-state index in [2.05, 4.69) is 4.84 Å². The van der Waals surface area contributed by atoms with E-state index in [4.69, 9.17) is 5.21 Å². The Balaban J connectivity index is 3.27. The smallest absolute Gasteiger partial charge is 0.298 e. The van der Waals surface area contributed by atoms with E-state index >= 15 is 0 Å². The summed E-state index contributed by atoms with van der Waals surface area (Å²) in [6.45, 7) is 0. The van der Waals surface area contributed by atoms with Crippen LogP contribution in [0.4, 0.5) is 18.9 Å². The van der Waals surface area contributed by atoms with E-state index in [1.54, 1.807) is 0 Å². The molecule has 1 rings (SSSR count). The number of nitrogens with zero attached hydrogens (tertiary/aromatic N) is 1. The van der Waals surface area contributed by atoms with Crippen molar-refractivity contribution in [2.24, 2.45) is 0 Å². The van der Waals surface area contributed by atoms with E-state index in [9.17, 15) is 18.0 Å². The highest BCUT2D eigenvalue weighted by atomic mass is 19.4. The molecule has 0 heterocycles. The molecule has 16 heavy (non-hydrogen) atoms. The van der Waals surface area contributed by atoms with Crippen LogP contribution in [0.2, 0.25) is 0 Å². The number of halogens is 3. The first-order chi connectivity index (χ1) is 7.40. The van der Waals surface area contributed by atoms with Crippen LogP contribution in [-0.4, -0.2) is 18.6 Å². The van der Waals surface area contributed by atoms with Crippen molar-refractivity contribution < 1.29 is 28.0 Å². The molecule has 4 nitrogen and oxygen atoms in total. The Kier molecular flexibility index (Phi) is 3.51. The lowest BCUT2D eigenvalue weighted by Gasteiger charge is -2.16. The van der Waals surface area contributed by atoms with Gasteiger partial charge in [0, 0.05) is 5.56 Å². The molecule has 0 fully saturated rings. The molecule has 0 aliphatic rings. The summed E-state index contributed by atoms with van der Waals surface area (Å²) >= 11 is 0. The number of rotatable bonds is 3. The van der Waals surface area contributed by atoms with Gasteiger partial charge in [-0.1, -0.05) is 0 Å². The normalized spacial score (nSPS) is 11.3. The fourth-order valence-corrected chi connectivity index (χ4v) is 1.12. The summed E-state index contributed by atoms with van der Waals surface area (Å²) in [6.07, 6.45) is -4.57. The van der Waals surface area contributed by atoms with Crippen LogP contribution in [0.15, 0.2) is 18.2 Å².